The Morgan fingerprint density at radius 3 is 2.54 bits per heavy atom. The fourth-order valence-electron chi connectivity index (χ4n) is 2.64. The van der Waals surface area contributed by atoms with Gasteiger partial charge in [0, 0.05) is 26.3 Å². The van der Waals surface area contributed by atoms with Crippen LogP contribution in [0, 0.1) is 6.92 Å². The van der Waals surface area contributed by atoms with Crippen LogP contribution < -0.4 is 10.1 Å². The number of nitrogens with zero attached hydrogens (tertiary/aromatic N) is 4. The van der Waals surface area contributed by atoms with Crippen LogP contribution in [0.25, 0.3) is 5.69 Å². The Labute approximate surface area is 147 Å². The van der Waals surface area contributed by atoms with Gasteiger partial charge in [-0.2, -0.15) is 10.2 Å². The summed E-state index contributed by atoms with van der Waals surface area (Å²) >= 11 is 0. The monoisotopic (exact) mass is 347 g/mol. The van der Waals surface area contributed by atoms with Gasteiger partial charge >= 0.3 is 0 Å². The molecule has 0 spiro atoms. The van der Waals surface area contributed by atoms with Gasteiger partial charge in [-0.05, 0) is 25.1 Å². The summed E-state index contributed by atoms with van der Waals surface area (Å²) in [6.07, 6.45) is 1.97. The number of methoxy groups -OCH3 is 1. The van der Waals surface area contributed by atoms with Crippen molar-refractivity contribution in [1.82, 2.24) is 24.9 Å². The van der Waals surface area contributed by atoms with E-state index in [1.165, 1.54) is 0 Å². The third-order valence-electron chi connectivity index (χ3n) is 3.76. The van der Waals surface area contributed by atoms with E-state index in [1.54, 1.807) is 11.8 Å². The molecule has 0 atom stereocenters. The van der Waals surface area contributed by atoms with E-state index >= 15 is 0 Å². The maximum atomic E-state index is 5.40. The lowest BCUT2D eigenvalue weighted by molar-refractivity contribution is 0.368. The third-order valence-corrected chi connectivity index (χ3v) is 3.76. The molecule has 0 aliphatic heterocycles. The van der Waals surface area contributed by atoms with E-state index in [2.05, 4.69) is 15.5 Å². The molecule has 3 aromatic rings. The molecule has 0 aliphatic carbocycles. The Morgan fingerprint density at radius 2 is 1.83 bits per heavy atom. The van der Waals surface area contributed by atoms with E-state index in [9.17, 15) is 0 Å². The number of ether oxygens (including phenoxy) is 1. The molecule has 24 heavy (non-hydrogen) atoms. The Hall–Kier alpha value is -2.31. The molecule has 1 aromatic carbocycles. The summed E-state index contributed by atoms with van der Waals surface area (Å²) in [5, 5.41) is 12.4. The van der Waals surface area contributed by atoms with Crippen LogP contribution in [-0.4, -0.2) is 26.7 Å². The van der Waals surface area contributed by atoms with Crippen molar-refractivity contribution in [1.29, 1.82) is 0 Å². The first-order valence-corrected chi connectivity index (χ1v) is 7.56. The van der Waals surface area contributed by atoms with Crippen molar-refractivity contribution in [3.63, 3.8) is 0 Å². The number of rotatable bonds is 6. The molecular formula is C17H22ClN5O. The first-order valence-electron chi connectivity index (χ1n) is 7.56. The van der Waals surface area contributed by atoms with Gasteiger partial charge in [0.1, 0.15) is 0 Å². The zero-order chi connectivity index (χ0) is 16.2. The van der Waals surface area contributed by atoms with E-state index < -0.39 is 0 Å². The van der Waals surface area contributed by atoms with Gasteiger partial charge in [-0.15, -0.1) is 12.4 Å². The molecule has 7 heteroatoms. The summed E-state index contributed by atoms with van der Waals surface area (Å²) in [5.41, 5.74) is 4.11. The van der Waals surface area contributed by atoms with Gasteiger partial charge < -0.3 is 10.1 Å². The predicted molar refractivity (Wildman–Crippen MR) is 95.9 cm³/mol. The maximum absolute atomic E-state index is 5.40. The fourth-order valence-corrected chi connectivity index (χ4v) is 2.64. The van der Waals surface area contributed by atoms with Gasteiger partial charge in [-0.1, -0.05) is 18.2 Å². The maximum Gasteiger partial charge on any atom is 0.216 e. The van der Waals surface area contributed by atoms with Gasteiger partial charge in [0.05, 0.1) is 29.7 Å². The van der Waals surface area contributed by atoms with Crippen LogP contribution >= 0.6 is 12.4 Å². The van der Waals surface area contributed by atoms with Crippen molar-refractivity contribution in [3.05, 3.63) is 59.5 Å². The largest absolute Gasteiger partial charge is 0.481 e. The number of nitrogens with one attached hydrogen (secondary N) is 1. The average Bonchev–Trinajstić information content (AvgIpc) is 3.13. The molecule has 2 heterocycles. The standard InChI is InChI=1S/C17H21N5O.ClH/c1-13-16(17(23-3)21(2)19-13)12-18-11-14-9-10-22(20-14)15-7-5-4-6-8-15;/h4-10,18H,11-12H2,1-3H3;1H. The molecule has 6 nitrogen and oxygen atoms in total. The summed E-state index contributed by atoms with van der Waals surface area (Å²) in [6.45, 7) is 3.38. The molecule has 3 rings (SSSR count). The fraction of sp³-hybridized carbons (Fsp3) is 0.294. The van der Waals surface area contributed by atoms with Gasteiger partial charge in [0.25, 0.3) is 0 Å². The minimum absolute atomic E-state index is 0. The van der Waals surface area contributed by atoms with Crippen LogP contribution in [-0.2, 0) is 20.1 Å². The van der Waals surface area contributed by atoms with Crippen molar-refractivity contribution in [2.75, 3.05) is 7.11 Å². The molecule has 2 aromatic heterocycles. The van der Waals surface area contributed by atoms with Crippen LogP contribution in [0.2, 0.25) is 0 Å². The number of aryl methyl sites for hydroxylation is 2. The molecule has 1 N–H and O–H groups in total. The lowest BCUT2D eigenvalue weighted by Crippen LogP contribution is -2.14. The van der Waals surface area contributed by atoms with E-state index in [0.29, 0.717) is 13.1 Å². The Bertz CT molecular complexity index is 782. The molecule has 0 unspecified atom stereocenters. The zero-order valence-corrected chi connectivity index (χ0v) is 14.9. The van der Waals surface area contributed by atoms with Crippen molar-refractivity contribution >= 4 is 12.4 Å². The Balaban J connectivity index is 0.00000208. The number of benzene rings is 1. The van der Waals surface area contributed by atoms with Gasteiger partial charge in [0.15, 0.2) is 0 Å². The van der Waals surface area contributed by atoms with E-state index in [4.69, 9.17) is 4.74 Å². The highest BCUT2D eigenvalue weighted by Crippen LogP contribution is 2.20. The van der Waals surface area contributed by atoms with Gasteiger partial charge in [-0.3, -0.25) is 0 Å². The van der Waals surface area contributed by atoms with E-state index in [0.717, 1.165) is 28.5 Å². The van der Waals surface area contributed by atoms with Gasteiger partial charge in [-0.25, -0.2) is 9.36 Å². The summed E-state index contributed by atoms with van der Waals surface area (Å²) < 4.78 is 9.04. The molecule has 0 saturated heterocycles. The molecule has 0 fully saturated rings. The number of para-hydroxylation sites is 1. The highest BCUT2D eigenvalue weighted by Gasteiger charge is 2.13. The number of hydrogen-bond acceptors (Lipinski definition) is 4. The lowest BCUT2D eigenvalue weighted by Gasteiger charge is -2.06. The van der Waals surface area contributed by atoms with Gasteiger partial charge in [0.2, 0.25) is 5.88 Å². The SMILES string of the molecule is COc1c(CNCc2ccn(-c3ccccc3)n2)c(C)nn1C.Cl. The smallest absolute Gasteiger partial charge is 0.216 e. The summed E-state index contributed by atoms with van der Waals surface area (Å²) in [7, 11) is 3.55. The third kappa shape index (κ3) is 3.77. The van der Waals surface area contributed by atoms with E-state index in [-0.39, 0.29) is 12.4 Å². The van der Waals surface area contributed by atoms with Crippen LogP contribution in [0.3, 0.4) is 0 Å². The summed E-state index contributed by atoms with van der Waals surface area (Å²) in [6, 6.07) is 12.1. The lowest BCUT2D eigenvalue weighted by atomic mass is 10.2. The topological polar surface area (TPSA) is 56.9 Å². The molecule has 0 radical (unpaired) electrons. The summed E-state index contributed by atoms with van der Waals surface area (Å²) in [5.74, 6) is 0.796. The summed E-state index contributed by atoms with van der Waals surface area (Å²) in [4.78, 5) is 0. The highest BCUT2D eigenvalue weighted by atomic mass is 35.5. The number of hydrogen-bond donors (Lipinski definition) is 1. The highest BCUT2D eigenvalue weighted by molar-refractivity contribution is 5.85. The Morgan fingerprint density at radius 1 is 1.08 bits per heavy atom. The molecule has 0 bridgehead atoms. The second-order valence-electron chi connectivity index (χ2n) is 5.39. The first kappa shape index (κ1) is 18.0. The first-order chi connectivity index (χ1) is 11.2. The quantitative estimate of drug-likeness (QED) is 0.744. The molecule has 128 valence electrons. The van der Waals surface area contributed by atoms with Crippen molar-refractivity contribution in [2.45, 2.75) is 20.0 Å². The molecule has 0 amide bonds. The number of aromatic nitrogens is 4. The van der Waals surface area contributed by atoms with Crippen molar-refractivity contribution in [2.24, 2.45) is 7.05 Å². The normalized spacial score (nSPS) is 10.5. The van der Waals surface area contributed by atoms with E-state index in [1.807, 2.05) is 61.2 Å². The minimum Gasteiger partial charge on any atom is -0.481 e. The van der Waals surface area contributed by atoms with Crippen molar-refractivity contribution < 1.29 is 4.74 Å². The zero-order valence-electron chi connectivity index (χ0n) is 14.1. The average molecular weight is 348 g/mol. The van der Waals surface area contributed by atoms with Crippen LogP contribution in [0.1, 0.15) is 17.0 Å². The van der Waals surface area contributed by atoms with Crippen LogP contribution in [0.5, 0.6) is 5.88 Å². The second kappa shape index (κ2) is 7.99. The minimum atomic E-state index is 0. The number of halogens is 1. The molecule has 0 aliphatic rings. The Kier molecular flexibility index (Phi) is 6.00. The predicted octanol–water partition coefficient (Wildman–Crippen LogP) is 2.63. The second-order valence-corrected chi connectivity index (χ2v) is 5.39. The van der Waals surface area contributed by atoms with Crippen molar-refractivity contribution in [3.8, 4) is 11.6 Å². The molecule has 0 saturated carbocycles. The molecular weight excluding hydrogens is 326 g/mol. The van der Waals surface area contributed by atoms with Crippen LogP contribution in [0.4, 0.5) is 0 Å². The van der Waals surface area contributed by atoms with Crippen LogP contribution in [0.15, 0.2) is 42.6 Å².